The minimum atomic E-state index is -2.98. The first-order chi connectivity index (χ1) is 10.4. The number of hydrogen-bond donors (Lipinski definition) is 2. The number of amides is 1. The number of alkyl halides is 2. The zero-order chi connectivity index (χ0) is 16.7. The van der Waals surface area contributed by atoms with Crippen LogP contribution in [0.2, 0.25) is 0 Å². The van der Waals surface area contributed by atoms with Crippen LogP contribution in [0, 0.1) is 5.92 Å². The molecular formula is C15H22F2N2O3. The highest BCUT2D eigenvalue weighted by atomic mass is 19.3. The molecule has 0 radical (unpaired) electrons. The summed E-state index contributed by atoms with van der Waals surface area (Å²) in [5.41, 5.74) is 6.13. The van der Waals surface area contributed by atoms with Gasteiger partial charge in [-0.25, -0.2) is 0 Å². The molecule has 0 bridgehead atoms. The highest BCUT2D eigenvalue weighted by Gasteiger charge is 2.19. The van der Waals surface area contributed by atoms with E-state index in [0.717, 1.165) is 0 Å². The lowest BCUT2D eigenvalue weighted by atomic mass is 10.0. The third kappa shape index (κ3) is 5.14. The topological polar surface area (TPSA) is 73.6 Å². The second-order valence-corrected chi connectivity index (χ2v) is 5.04. The molecule has 0 saturated carbocycles. The Hall–Kier alpha value is -1.89. The minimum absolute atomic E-state index is 0.0217. The van der Waals surface area contributed by atoms with E-state index in [0.29, 0.717) is 12.2 Å². The summed E-state index contributed by atoms with van der Waals surface area (Å²) < 4.78 is 34.9. The van der Waals surface area contributed by atoms with Crippen LogP contribution in [0.15, 0.2) is 18.2 Å². The van der Waals surface area contributed by atoms with Crippen LogP contribution in [0.25, 0.3) is 0 Å². The van der Waals surface area contributed by atoms with Gasteiger partial charge in [-0.15, -0.1) is 0 Å². The highest BCUT2D eigenvalue weighted by molar-refractivity contribution is 5.81. The van der Waals surface area contributed by atoms with Crippen molar-refractivity contribution < 1.29 is 23.0 Å². The van der Waals surface area contributed by atoms with E-state index in [1.165, 1.54) is 6.07 Å². The molecule has 0 spiro atoms. The zero-order valence-electron chi connectivity index (χ0n) is 12.9. The van der Waals surface area contributed by atoms with E-state index in [2.05, 4.69) is 10.1 Å². The first-order valence-corrected chi connectivity index (χ1v) is 7.09. The number of rotatable bonds is 8. The van der Waals surface area contributed by atoms with Crippen LogP contribution in [0.4, 0.5) is 8.78 Å². The van der Waals surface area contributed by atoms with Gasteiger partial charge in [0, 0.05) is 12.1 Å². The van der Waals surface area contributed by atoms with E-state index >= 15 is 0 Å². The second-order valence-electron chi connectivity index (χ2n) is 5.04. The molecular weight excluding hydrogens is 294 g/mol. The van der Waals surface area contributed by atoms with Crippen molar-refractivity contribution in [3.63, 3.8) is 0 Å². The summed E-state index contributed by atoms with van der Waals surface area (Å²) in [7, 11) is 0. The Bertz CT molecular complexity index is 496. The van der Waals surface area contributed by atoms with Crippen molar-refractivity contribution in [2.45, 2.75) is 40.0 Å². The Morgan fingerprint density at radius 1 is 1.36 bits per heavy atom. The molecule has 0 saturated heterocycles. The SMILES string of the molecule is CCOc1cccc(CNC(=O)[C@@H](N)C(C)C)c1OC(F)F. The zero-order valence-corrected chi connectivity index (χ0v) is 12.9. The van der Waals surface area contributed by atoms with Crippen LogP contribution in [-0.2, 0) is 11.3 Å². The van der Waals surface area contributed by atoms with Crippen LogP contribution in [0.3, 0.4) is 0 Å². The van der Waals surface area contributed by atoms with Crippen molar-refractivity contribution in [1.29, 1.82) is 0 Å². The van der Waals surface area contributed by atoms with Crippen molar-refractivity contribution in [3.8, 4) is 11.5 Å². The third-order valence-corrected chi connectivity index (χ3v) is 3.04. The molecule has 0 heterocycles. The fourth-order valence-corrected chi connectivity index (χ4v) is 1.80. The van der Waals surface area contributed by atoms with Gasteiger partial charge in [-0.3, -0.25) is 4.79 Å². The van der Waals surface area contributed by atoms with Gasteiger partial charge in [0.15, 0.2) is 11.5 Å². The minimum Gasteiger partial charge on any atom is -0.490 e. The molecule has 1 rings (SSSR count). The molecule has 0 fully saturated rings. The first-order valence-electron chi connectivity index (χ1n) is 7.09. The quantitative estimate of drug-likeness (QED) is 0.772. The smallest absolute Gasteiger partial charge is 0.387 e. The Labute approximate surface area is 128 Å². The molecule has 1 aromatic carbocycles. The summed E-state index contributed by atoms with van der Waals surface area (Å²) in [6.07, 6.45) is 0. The molecule has 22 heavy (non-hydrogen) atoms. The Balaban J connectivity index is 2.89. The molecule has 1 amide bonds. The standard InChI is InChI=1S/C15H22F2N2O3/c1-4-21-11-7-5-6-10(13(11)22-15(16)17)8-19-14(20)12(18)9(2)3/h5-7,9,12,15H,4,8,18H2,1-3H3,(H,19,20)/t12-/m0/s1. The lowest BCUT2D eigenvalue weighted by molar-refractivity contribution is -0.123. The van der Waals surface area contributed by atoms with E-state index in [4.69, 9.17) is 10.5 Å². The first kappa shape index (κ1) is 18.2. The van der Waals surface area contributed by atoms with Gasteiger partial charge in [-0.2, -0.15) is 8.78 Å². The van der Waals surface area contributed by atoms with Crippen molar-refractivity contribution in [1.82, 2.24) is 5.32 Å². The lowest BCUT2D eigenvalue weighted by Gasteiger charge is -2.18. The normalized spacial score (nSPS) is 12.4. The van der Waals surface area contributed by atoms with Gasteiger partial charge in [0.05, 0.1) is 12.6 Å². The maximum absolute atomic E-state index is 12.6. The van der Waals surface area contributed by atoms with E-state index in [1.54, 1.807) is 19.1 Å². The molecule has 0 aromatic heterocycles. The number of para-hydroxylation sites is 1. The molecule has 0 unspecified atom stereocenters. The number of nitrogens with one attached hydrogen (secondary N) is 1. The number of carbonyl (C=O) groups excluding carboxylic acids is 1. The van der Waals surface area contributed by atoms with Crippen LogP contribution in [0.1, 0.15) is 26.3 Å². The maximum Gasteiger partial charge on any atom is 0.387 e. The van der Waals surface area contributed by atoms with E-state index in [-0.39, 0.29) is 29.9 Å². The molecule has 3 N–H and O–H groups in total. The molecule has 7 heteroatoms. The molecule has 0 aliphatic carbocycles. The van der Waals surface area contributed by atoms with E-state index < -0.39 is 12.7 Å². The summed E-state index contributed by atoms with van der Waals surface area (Å²) in [6.45, 7) is 2.75. The Morgan fingerprint density at radius 2 is 2.05 bits per heavy atom. The predicted molar refractivity (Wildman–Crippen MR) is 78.9 cm³/mol. The largest absolute Gasteiger partial charge is 0.490 e. The summed E-state index contributed by atoms with van der Waals surface area (Å²) in [4.78, 5) is 11.8. The molecule has 0 aliphatic rings. The van der Waals surface area contributed by atoms with Crippen LogP contribution in [-0.4, -0.2) is 25.2 Å². The van der Waals surface area contributed by atoms with Crippen molar-refractivity contribution in [2.24, 2.45) is 11.7 Å². The van der Waals surface area contributed by atoms with Crippen LogP contribution in [0.5, 0.6) is 11.5 Å². The molecule has 0 aliphatic heterocycles. The van der Waals surface area contributed by atoms with Gasteiger partial charge in [0.25, 0.3) is 0 Å². The van der Waals surface area contributed by atoms with Crippen molar-refractivity contribution in [3.05, 3.63) is 23.8 Å². The maximum atomic E-state index is 12.6. The van der Waals surface area contributed by atoms with Gasteiger partial charge in [-0.1, -0.05) is 26.0 Å². The molecule has 1 atom stereocenters. The summed E-state index contributed by atoms with van der Waals surface area (Å²) >= 11 is 0. The monoisotopic (exact) mass is 316 g/mol. The third-order valence-electron chi connectivity index (χ3n) is 3.04. The van der Waals surface area contributed by atoms with Crippen molar-refractivity contribution in [2.75, 3.05) is 6.61 Å². The highest BCUT2D eigenvalue weighted by Crippen LogP contribution is 2.32. The lowest BCUT2D eigenvalue weighted by Crippen LogP contribution is -2.43. The Morgan fingerprint density at radius 3 is 2.59 bits per heavy atom. The summed E-state index contributed by atoms with van der Waals surface area (Å²) in [5, 5.41) is 2.62. The van der Waals surface area contributed by atoms with Crippen LogP contribution < -0.4 is 20.5 Å². The van der Waals surface area contributed by atoms with Gasteiger partial charge in [-0.05, 0) is 18.9 Å². The predicted octanol–water partition coefficient (Wildman–Crippen LogP) is 2.29. The van der Waals surface area contributed by atoms with Gasteiger partial charge in [0.2, 0.25) is 5.91 Å². The van der Waals surface area contributed by atoms with Gasteiger partial charge < -0.3 is 20.5 Å². The van der Waals surface area contributed by atoms with Crippen molar-refractivity contribution >= 4 is 5.91 Å². The van der Waals surface area contributed by atoms with Gasteiger partial charge >= 0.3 is 6.61 Å². The van der Waals surface area contributed by atoms with Gasteiger partial charge in [0.1, 0.15) is 0 Å². The second kappa shape index (κ2) is 8.53. The number of hydrogen-bond acceptors (Lipinski definition) is 4. The average molecular weight is 316 g/mol. The summed E-state index contributed by atoms with van der Waals surface area (Å²) in [5.74, 6) is -0.230. The number of nitrogens with two attached hydrogens (primary N) is 1. The number of benzene rings is 1. The number of ether oxygens (including phenoxy) is 2. The molecule has 1 aromatic rings. The number of halogens is 2. The molecule has 124 valence electrons. The molecule has 5 nitrogen and oxygen atoms in total. The Kier molecular flexibility index (Phi) is 7.04. The fraction of sp³-hybridized carbons (Fsp3) is 0.533. The average Bonchev–Trinajstić information content (AvgIpc) is 2.46. The summed E-state index contributed by atoms with van der Waals surface area (Å²) in [6, 6.07) is 4.11. The van der Waals surface area contributed by atoms with Crippen LogP contribution >= 0.6 is 0 Å². The van der Waals surface area contributed by atoms with E-state index in [9.17, 15) is 13.6 Å². The number of carbonyl (C=O) groups is 1. The fourth-order valence-electron chi connectivity index (χ4n) is 1.80. The van der Waals surface area contributed by atoms with E-state index in [1.807, 2.05) is 13.8 Å².